The molecule has 1 heterocycles. The molecule has 0 amide bonds. The van der Waals surface area contributed by atoms with Crippen LogP contribution in [0.2, 0.25) is 0 Å². The summed E-state index contributed by atoms with van der Waals surface area (Å²) in [6.07, 6.45) is 0. The van der Waals surface area contributed by atoms with Crippen LogP contribution in [0, 0.1) is 6.92 Å². The summed E-state index contributed by atoms with van der Waals surface area (Å²) in [6, 6.07) is 3.21. The average molecular weight is 218 g/mol. The third-order valence-electron chi connectivity index (χ3n) is 1.05. The Morgan fingerprint density at radius 1 is 1.36 bits per heavy atom. The molecule has 62 valence electrons. The molecule has 2 nitrogen and oxygen atoms in total. The molecule has 0 fully saturated rings. The molecule has 0 bridgehead atoms. The first-order valence-electron chi connectivity index (χ1n) is 3.55. The van der Waals surface area contributed by atoms with Crippen LogP contribution in [0.25, 0.3) is 0 Å². The highest BCUT2D eigenvalue weighted by atomic mass is 79.9. The minimum Gasteiger partial charge on any atom is -0.325 e. The van der Waals surface area contributed by atoms with Crippen molar-refractivity contribution in [3.63, 3.8) is 0 Å². The van der Waals surface area contributed by atoms with Gasteiger partial charge >= 0.3 is 0 Å². The van der Waals surface area contributed by atoms with Gasteiger partial charge in [-0.05, 0) is 28.9 Å². The van der Waals surface area contributed by atoms with E-state index in [4.69, 9.17) is 0 Å². The van der Waals surface area contributed by atoms with Gasteiger partial charge in [0.25, 0.3) is 0 Å². The quantitative estimate of drug-likeness (QED) is 0.712. The third kappa shape index (κ3) is 3.37. The van der Waals surface area contributed by atoms with E-state index in [1.165, 1.54) is 6.07 Å². The summed E-state index contributed by atoms with van der Waals surface area (Å²) < 4.78 is 0.933. The van der Waals surface area contributed by atoms with Crippen molar-refractivity contribution in [2.75, 3.05) is 0 Å². The van der Waals surface area contributed by atoms with Crippen LogP contribution in [0.5, 0.6) is 0 Å². The van der Waals surface area contributed by atoms with Gasteiger partial charge in [0.15, 0.2) is 0 Å². The van der Waals surface area contributed by atoms with Crippen LogP contribution in [-0.4, -0.2) is 4.98 Å². The number of nitrogens with one attached hydrogen (secondary N) is 1. The number of hydrogen-bond donors (Lipinski definition) is 1. The molecule has 0 saturated carbocycles. The van der Waals surface area contributed by atoms with Gasteiger partial charge in [-0.25, -0.2) is 0 Å². The Morgan fingerprint density at radius 2 is 1.91 bits per heavy atom. The van der Waals surface area contributed by atoms with Crippen molar-refractivity contribution in [3.8, 4) is 0 Å². The fraction of sp³-hybridized carbons (Fsp3) is 0.375. The van der Waals surface area contributed by atoms with Crippen molar-refractivity contribution in [3.05, 3.63) is 32.7 Å². The Hall–Kier alpha value is -0.570. The summed E-state index contributed by atoms with van der Waals surface area (Å²) in [6.45, 7) is 5.84. The Bertz CT molecular complexity index is 267. The zero-order valence-electron chi connectivity index (χ0n) is 6.94. The molecule has 3 heteroatoms. The van der Waals surface area contributed by atoms with E-state index in [1.807, 2.05) is 20.8 Å². The highest BCUT2D eigenvalue weighted by Crippen LogP contribution is 2.08. The van der Waals surface area contributed by atoms with Gasteiger partial charge in [0, 0.05) is 16.2 Å². The summed E-state index contributed by atoms with van der Waals surface area (Å²) >= 11 is 3.26. The van der Waals surface area contributed by atoms with E-state index < -0.39 is 0 Å². The fourth-order valence-corrected chi connectivity index (χ4v) is 0.791. The summed E-state index contributed by atoms with van der Waals surface area (Å²) in [5.74, 6) is 0. The number of aryl methyl sites for hydroxylation is 1. The van der Waals surface area contributed by atoms with Gasteiger partial charge in [-0.2, -0.15) is 0 Å². The van der Waals surface area contributed by atoms with Crippen LogP contribution in [-0.2, 0) is 0 Å². The largest absolute Gasteiger partial charge is 0.325 e. The van der Waals surface area contributed by atoms with Crippen molar-refractivity contribution in [1.82, 2.24) is 4.98 Å². The zero-order valence-corrected chi connectivity index (χ0v) is 8.53. The van der Waals surface area contributed by atoms with E-state index in [2.05, 4.69) is 20.9 Å². The van der Waals surface area contributed by atoms with Crippen LogP contribution in [0.4, 0.5) is 0 Å². The van der Waals surface area contributed by atoms with Crippen molar-refractivity contribution in [1.29, 1.82) is 0 Å². The Kier molecular flexibility index (Phi) is 4.86. The van der Waals surface area contributed by atoms with Crippen LogP contribution in [0.3, 0.4) is 0 Å². The lowest BCUT2D eigenvalue weighted by Crippen LogP contribution is -2.04. The van der Waals surface area contributed by atoms with Crippen LogP contribution >= 0.6 is 15.9 Å². The number of hydrogen-bond acceptors (Lipinski definition) is 1. The maximum absolute atomic E-state index is 10.6. The Labute approximate surface area is 74.8 Å². The van der Waals surface area contributed by atoms with Gasteiger partial charge < -0.3 is 4.98 Å². The number of aromatic nitrogens is 1. The molecule has 1 aromatic rings. The number of pyridine rings is 1. The number of rotatable bonds is 0. The molecule has 0 spiro atoms. The number of H-pyrrole nitrogens is 1. The molecule has 0 unspecified atom stereocenters. The molecule has 0 saturated heterocycles. The molecule has 1 N–H and O–H groups in total. The second-order valence-electron chi connectivity index (χ2n) is 1.80. The molecule has 0 aliphatic heterocycles. The maximum atomic E-state index is 10.6. The lowest BCUT2D eigenvalue weighted by molar-refractivity contribution is 1.13. The predicted octanol–water partition coefficient (Wildman–Crippen LogP) is 2.47. The van der Waals surface area contributed by atoms with Gasteiger partial charge in [0.2, 0.25) is 5.56 Å². The van der Waals surface area contributed by atoms with Crippen LogP contribution < -0.4 is 5.56 Å². The van der Waals surface area contributed by atoms with E-state index in [0.717, 1.165) is 10.2 Å². The van der Waals surface area contributed by atoms with Gasteiger partial charge in [0.05, 0.1) is 0 Å². The van der Waals surface area contributed by atoms with Gasteiger partial charge in [-0.3, -0.25) is 4.79 Å². The van der Waals surface area contributed by atoms with Crippen LogP contribution in [0.1, 0.15) is 19.5 Å². The standard InChI is InChI=1S/C6H6BrNO.C2H6/c1-4-5(7)2-3-6(9)8-4;1-2/h2-3H,1H3,(H,8,9);1-2H3. The zero-order chi connectivity index (χ0) is 8.85. The topological polar surface area (TPSA) is 32.9 Å². The van der Waals surface area contributed by atoms with Crippen molar-refractivity contribution < 1.29 is 0 Å². The third-order valence-corrected chi connectivity index (χ3v) is 1.91. The number of aromatic amines is 1. The molecule has 0 aromatic carbocycles. The molecule has 0 aliphatic carbocycles. The predicted molar refractivity (Wildman–Crippen MR) is 50.8 cm³/mol. The van der Waals surface area contributed by atoms with Crippen molar-refractivity contribution >= 4 is 15.9 Å². The lowest BCUT2D eigenvalue weighted by atomic mass is 10.4. The summed E-state index contributed by atoms with van der Waals surface area (Å²) in [5, 5.41) is 0. The van der Waals surface area contributed by atoms with E-state index >= 15 is 0 Å². The van der Waals surface area contributed by atoms with Crippen molar-refractivity contribution in [2.24, 2.45) is 0 Å². The normalized spacial score (nSPS) is 8.36. The molecule has 1 rings (SSSR count). The summed E-state index contributed by atoms with van der Waals surface area (Å²) in [7, 11) is 0. The van der Waals surface area contributed by atoms with E-state index in [-0.39, 0.29) is 5.56 Å². The fourth-order valence-electron chi connectivity index (χ4n) is 0.560. The minimum absolute atomic E-state index is 0.0595. The maximum Gasteiger partial charge on any atom is 0.248 e. The highest BCUT2D eigenvalue weighted by Gasteiger charge is 1.90. The van der Waals surface area contributed by atoms with Crippen molar-refractivity contribution in [2.45, 2.75) is 20.8 Å². The average Bonchev–Trinajstić information content (AvgIpc) is 2.02. The van der Waals surface area contributed by atoms with Crippen LogP contribution in [0.15, 0.2) is 21.4 Å². The molecular weight excluding hydrogens is 206 g/mol. The van der Waals surface area contributed by atoms with E-state index in [0.29, 0.717) is 0 Å². The summed E-state index contributed by atoms with van der Waals surface area (Å²) in [5.41, 5.74) is 0.804. The molecule has 11 heavy (non-hydrogen) atoms. The highest BCUT2D eigenvalue weighted by molar-refractivity contribution is 9.10. The smallest absolute Gasteiger partial charge is 0.248 e. The molecule has 0 atom stereocenters. The van der Waals surface area contributed by atoms with Gasteiger partial charge in [-0.15, -0.1) is 0 Å². The second kappa shape index (κ2) is 5.13. The molecule has 0 aliphatic rings. The summed E-state index contributed by atoms with van der Waals surface area (Å²) in [4.78, 5) is 13.2. The monoisotopic (exact) mass is 217 g/mol. The van der Waals surface area contributed by atoms with E-state index in [1.54, 1.807) is 6.07 Å². The molecule has 0 radical (unpaired) electrons. The minimum atomic E-state index is -0.0595. The number of halogens is 1. The first kappa shape index (κ1) is 10.4. The van der Waals surface area contributed by atoms with Gasteiger partial charge in [0.1, 0.15) is 0 Å². The first-order valence-corrected chi connectivity index (χ1v) is 4.35. The first-order chi connectivity index (χ1) is 5.20. The molecular formula is C8H12BrNO. The second-order valence-corrected chi connectivity index (χ2v) is 2.65. The SMILES string of the molecule is CC.Cc1[nH]c(=O)ccc1Br. The lowest BCUT2D eigenvalue weighted by Gasteiger charge is -1.92. The van der Waals surface area contributed by atoms with E-state index in [9.17, 15) is 4.79 Å². The Morgan fingerprint density at radius 3 is 2.27 bits per heavy atom. The van der Waals surface area contributed by atoms with Gasteiger partial charge in [-0.1, -0.05) is 13.8 Å². The molecule has 1 aromatic heterocycles. The Balaban J connectivity index is 0.000000461.